The van der Waals surface area contributed by atoms with Gasteiger partial charge in [-0.25, -0.2) is 4.98 Å². The van der Waals surface area contributed by atoms with Gasteiger partial charge < -0.3 is 5.73 Å². The lowest BCUT2D eigenvalue weighted by Gasteiger charge is -2.16. The monoisotopic (exact) mass is 219 g/mol. The molecule has 0 saturated carbocycles. The maximum absolute atomic E-state index is 5.78. The van der Waals surface area contributed by atoms with Crippen LogP contribution >= 0.6 is 0 Å². The number of aromatic nitrogens is 4. The second-order valence-electron chi connectivity index (χ2n) is 4.40. The van der Waals surface area contributed by atoms with Crippen molar-refractivity contribution in [3.05, 3.63) is 23.9 Å². The normalized spacial score (nSPS) is 13.6. The first-order valence-electron chi connectivity index (χ1n) is 5.50. The Bertz CT molecular complexity index is 488. The van der Waals surface area contributed by atoms with Gasteiger partial charge in [-0.2, -0.15) is 0 Å². The molecule has 0 spiro atoms. The van der Waals surface area contributed by atoms with Crippen LogP contribution in [0.3, 0.4) is 0 Å². The van der Waals surface area contributed by atoms with Crippen molar-refractivity contribution in [2.24, 2.45) is 11.7 Å². The fourth-order valence-electron chi connectivity index (χ4n) is 1.83. The van der Waals surface area contributed by atoms with E-state index in [0.717, 1.165) is 17.2 Å². The summed E-state index contributed by atoms with van der Waals surface area (Å²) in [6.45, 7) is 6.80. The lowest BCUT2D eigenvalue weighted by Crippen LogP contribution is -2.20. The highest BCUT2D eigenvalue weighted by Gasteiger charge is 2.20. The molecule has 5 heteroatoms. The summed E-state index contributed by atoms with van der Waals surface area (Å²) in [6.07, 6.45) is 1.77. The maximum Gasteiger partial charge on any atom is 0.163 e. The fourth-order valence-corrected chi connectivity index (χ4v) is 1.83. The first-order valence-corrected chi connectivity index (χ1v) is 5.50. The van der Waals surface area contributed by atoms with Crippen molar-refractivity contribution in [2.75, 3.05) is 6.54 Å². The highest BCUT2D eigenvalue weighted by atomic mass is 15.3. The molecule has 1 atom stereocenters. The number of rotatable bonds is 3. The van der Waals surface area contributed by atoms with Crippen LogP contribution in [0.15, 0.2) is 12.4 Å². The van der Waals surface area contributed by atoms with Crippen LogP contribution in [0, 0.1) is 12.8 Å². The average molecular weight is 219 g/mol. The van der Waals surface area contributed by atoms with E-state index in [0.29, 0.717) is 12.5 Å². The molecule has 0 aliphatic heterocycles. The van der Waals surface area contributed by atoms with Crippen LogP contribution in [0.4, 0.5) is 0 Å². The molecule has 5 nitrogen and oxygen atoms in total. The molecule has 0 bridgehead atoms. The van der Waals surface area contributed by atoms with Crippen molar-refractivity contribution in [1.82, 2.24) is 19.6 Å². The lowest BCUT2D eigenvalue weighted by atomic mass is 9.95. The first-order chi connectivity index (χ1) is 7.63. The Balaban J connectivity index is 2.52. The number of nitrogens with two attached hydrogens (primary N) is 1. The van der Waals surface area contributed by atoms with Crippen molar-refractivity contribution in [3.8, 4) is 0 Å². The summed E-state index contributed by atoms with van der Waals surface area (Å²) in [5, 5.41) is 8.37. The van der Waals surface area contributed by atoms with Crippen LogP contribution < -0.4 is 5.73 Å². The van der Waals surface area contributed by atoms with E-state index in [9.17, 15) is 0 Å². The van der Waals surface area contributed by atoms with Crippen molar-refractivity contribution in [3.63, 3.8) is 0 Å². The third kappa shape index (κ3) is 1.78. The van der Waals surface area contributed by atoms with Gasteiger partial charge in [0.2, 0.25) is 0 Å². The van der Waals surface area contributed by atoms with Gasteiger partial charge in [-0.1, -0.05) is 13.8 Å². The van der Waals surface area contributed by atoms with E-state index < -0.39 is 0 Å². The molecule has 16 heavy (non-hydrogen) atoms. The Kier molecular flexibility index (Phi) is 2.87. The van der Waals surface area contributed by atoms with Gasteiger partial charge in [0.05, 0.1) is 0 Å². The van der Waals surface area contributed by atoms with Crippen LogP contribution in [0.5, 0.6) is 0 Å². The van der Waals surface area contributed by atoms with Gasteiger partial charge in [-0.15, -0.1) is 10.2 Å². The molecule has 2 heterocycles. The minimum atomic E-state index is 0.222. The zero-order chi connectivity index (χ0) is 11.7. The molecule has 86 valence electrons. The smallest absolute Gasteiger partial charge is 0.163 e. The molecular weight excluding hydrogens is 202 g/mol. The molecule has 0 aromatic carbocycles. The summed E-state index contributed by atoms with van der Waals surface area (Å²) >= 11 is 0. The van der Waals surface area contributed by atoms with Crippen molar-refractivity contribution in [1.29, 1.82) is 0 Å². The van der Waals surface area contributed by atoms with Crippen molar-refractivity contribution >= 4 is 5.65 Å². The third-order valence-electron chi connectivity index (χ3n) is 2.85. The largest absolute Gasteiger partial charge is 0.330 e. The molecule has 0 saturated heterocycles. The zero-order valence-electron chi connectivity index (χ0n) is 9.88. The Labute approximate surface area is 94.7 Å². The summed E-state index contributed by atoms with van der Waals surface area (Å²) in [4.78, 5) is 4.26. The van der Waals surface area contributed by atoms with Gasteiger partial charge in [-0.3, -0.25) is 4.40 Å². The van der Waals surface area contributed by atoms with Crippen LogP contribution in [-0.4, -0.2) is 26.1 Å². The van der Waals surface area contributed by atoms with Gasteiger partial charge in [0.25, 0.3) is 0 Å². The van der Waals surface area contributed by atoms with Gasteiger partial charge in [0.1, 0.15) is 12.2 Å². The van der Waals surface area contributed by atoms with Crippen molar-refractivity contribution < 1.29 is 0 Å². The van der Waals surface area contributed by atoms with E-state index in [1.165, 1.54) is 0 Å². The second-order valence-corrected chi connectivity index (χ2v) is 4.40. The molecule has 2 N–H and O–H groups in total. The standard InChI is InChI=1S/C11H17N5/c1-7(2)9(5-12)11-15-14-10-4-8(3)13-6-16(10)11/h4,6-7,9H,5,12H2,1-3H3. The molecule has 0 amide bonds. The van der Waals surface area contributed by atoms with E-state index in [-0.39, 0.29) is 5.92 Å². The van der Waals surface area contributed by atoms with Gasteiger partial charge >= 0.3 is 0 Å². The summed E-state index contributed by atoms with van der Waals surface area (Å²) in [7, 11) is 0. The molecule has 2 aromatic rings. The van der Waals surface area contributed by atoms with Crippen LogP contribution in [0.1, 0.15) is 31.3 Å². The SMILES string of the molecule is Cc1cc2nnc(C(CN)C(C)C)n2cn1. The molecule has 0 radical (unpaired) electrons. The predicted molar refractivity (Wildman–Crippen MR) is 62.2 cm³/mol. The van der Waals surface area contributed by atoms with Gasteiger partial charge in [-0.05, 0) is 12.8 Å². The first kappa shape index (κ1) is 11.0. The van der Waals surface area contributed by atoms with E-state index in [1.807, 2.05) is 17.4 Å². The number of nitrogens with zero attached hydrogens (tertiary/aromatic N) is 4. The molecule has 2 rings (SSSR count). The highest BCUT2D eigenvalue weighted by molar-refractivity contribution is 5.38. The topological polar surface area (TPSA) is 69.1 Å². The van der Waals surface area contributed by atoms with Crippen LogP contribution in [0.2, 0.25) is 0 Å². The van der Waals surface area contributed by atoms with Gasteiger partial charge in [0.15, 0.2) is 5.65 Å². The molecule has 0 aliphatic carbocycles. The lowest BCUT2D eigenvalue weighted by molar-refractivity contribution is 0.479. The summed E-state index contributed by atoms with van der Waals surface area (Å²) in [5.41, 5.74) is 7.56. The number of hydrogen-bond donors (Lipinski definition) is 1. The van der Waals surface area contributed by atoms with Crippen LogP contribution in [-0.2, 0) is 0 Å². The average Bonchev–Trinajstić information content (AvgIpc) is 2.62. The summed E-state index contributed by atoms with van der Waals surface area (Å²) in [6, 6.07) is 1.92. The maximum atomic E-state index is 5.78. The minimum Gasteiger partial charge on any atom is -0.330 e. The van der Waals surface area contributed by atoms with Crippen molar-refractivity contribution in [2.45, 2.75) is 26.7 Å². The summed E-state index contributed by atoms with van der Waals surface area (Å²) < 4.78 is 1.92. The van der Waals surface area contributed by atoms with E-state index >= 15 is 0 Å². The number of fused-ring (bicyclic) bond motifs is 1. The number of hydrogen-bond acceptors (Lipinski definition) is 4. The van der Waals surface area contributed by atoms with Crippen LogP contribution in [0.25, 0.3) is 5.65 Å². The quantitative estimate of drug-likeness (QED) is 0.840. The molecular formula is C11H17N5. The number of aryl methyl sites for hydroxylation is 1. The van der Waals surface area contributed by atoms with Gasteiger partial charge in [0, 0.05) is 24.2 Å². The Morgan fingerprint density at radius 3 is 2.75 bits per heavy atom. The van der Waals surface area contributed by atoms with E-state index in [1.54, 1.807) is 6.33 Å². The second kappa shape index (κ2) is 4.17. The van der Waals surface area contributed by atoms with E-state index in [4.69, 9.17) is 5.73 Å². The van der Waals surface area contributed by atoms with E-state index in [2.05, 4.69) is 29.0 Å². The molecule has 1 unspecified atom stereocenters. The molecule has 0 aliphatic rings. The third-order valence-corrected chi connectivity index (χ3v) is 2.85. The Hall–Kier alpha value is -1.49. The Morgan fingerprint density at radius 1 is 1.38 bits per heavy atom. The predicted octanol–water partition coefficient (Wildman–Crippen LogP) is 1.13. The molecule has 0 fully saturated rings. The Morgan fingerprint density at radius 2 is 2.12 bits per heavy atom. The highest BCUT2D eigenvalue weighted by Crippen LogP contribution is 2.21. The minimum absolute atomic E-state index is 0.222. The molecule has 2 aromatic heterocycles. The summed E-state index contributed by atoms with van der Waals surface area (Å²) in [5.74, 6) is 1.57. The zero-order valence-corrected chi connectivity index (χ0v) is 9.88. The fraction of sp³-hybridized carbons (Fsp3) is 0.545.